The first-order valence-corrected chi connectivity index (χ1v) is 13.4. The van der Waals surface area contributed by atoms with Gasteiger partial charge in [-0.05, 0) is 45.7 Å². The second kappa shape index (κ2) is 14.8. The van der Waals surface area contributed by atoms with Crippen LogP contribution in [-0.4, -0.2) is 80.0 Å². The fourth-order valence-electron chi connectivity index (χ4n) is 3.60. The molecule has 1 heterocycles. The van der Waals surface area contributed by atoms with E-state index in [9.17, 15) is 14.4 Å². The predicted octanol–water partition coefficient (Wildman–Crippen LogP) is 4.38. The van der Waals surface area contributed by atoms with Gasteiger partial charge in [0.05, 0.1) is 19.8 Å². The highest BCUT2D eigenvalue weighted by atomic mass is 16.7. The highest BCUT2D eigenvalue weighted by Gasteiger charge is 2.34. The Morgan fingerprint density at radius 2 is 1.67 bits per heavy atom. The van der Waals surface area contributed by atoms with Gasteiger partial charge in [-0.15, -0.1) is 0 Å². The third kappa shape index (κ3) is 10.8. The maximum atomic E-state index is 13.0. The van der Waals surface area contributed by atoms with Crippen LogP contribution in [0.4, 0.5) is 9.59 Å². The van der Waals surface area contributed by atoms with Crippen molar-refractivity contribution in [1.29, 1.82) is 0 Å². The average Bonchev–Trinajstić information content (AvgIpc) is 2.85. The molecule has 1 aliphatic rings. The summed E-state index contributed by atoms with van der Waals surface area (Å²) in [5.41, 5.74) is -0.723. The number of nitrogens with zero attached hydrogens (tertiary/aromatic N) is 1. The van der Waals surface area contributed by atoms with Crippen LogP contribution in [0, 0.1) is 11.8 Å². The number of esters is 1. The lowest BCUT2D eigenvalue weighted by Crippen LogP contribution is -2.50. The van der Waals surface area contributed by atoms with E-state index in [0.717, 1.165) is 0 Å². The maximum Gasteiger partial charge on any atom is 0.413 e. The number of alkyl carbamates (subject to hydrolysis) is 1. The number of ether oxygens (including phenoxy) is 6. The van der Waals surface area contributed by atoms with E-state index in [1.54, 1.807) is 48.5 Å². The topological polar surface area (TPSA) is 122 Å². The largest absolute Gasteiger partial charge is 0.490 e. The first-order chi connectivity index (χ1) is 18.3. The van der Waals surface area contributed by atoms with E-state index in [-0.39, 0.29) is 31.1 Å². The molecule has 0 aliphatic carbocycles. The van der Waals surface area contributed by atoms with Gasteiger partial charge in [-0.25, -0.2) is 14.4 Å². The summed E-state index contributed by atoms with van der Waals surface area (Å²) >= 11 is 0. The van der Waals surface area contributed by atoms with Gasteiger partial charge in [-0.2, -0.15) is 0 Å². The summed E-state index contributed by atoms with van der Waals surface area (Å²) in [6.45, 7) is 15.7. The van der Waals surface area contributed by atoms with Crippen LogP contribution >= 0.6 is 0 Å². The maximum absolute atomic E-state index is 13.0. The van der Waals surface area contributed by atoms with Crippen LogP contribution in [0.15, 0.2) is 24.3 Å². The third-order valence-corrected chi connectivity index (χ3v) is 5.56. The molecular formula is C28H44N2O9. The van der Waals surface area contributed by atoms with Crippen LogP contribution in [0.5, 0.6) is 11.5 Å². The van der Waals surface area contributed by atoms with Gasteiger partial charge in [0.15, 0.2) is 11.5 Å². The first kappa shape index (κ1) is 32.0. The highest BCUT2D eigenvalue weighted by molar-refractivity contribution is 5.82. The van der Waals surface area contributed by atoms with E-state index in [1.165, 1.54) is 4.90 Å². The molecule has 0 spiro atoms. The zero-order chi connectivity index (χ0) is 29.2. The van der Waals surface area contributed by atoms with Crippen LogP contribution in [0.3, 0.4) is 0 Å². The van der Waals surface area contributed by atoms with Crippen molar-refractivity contribution >= 4 is 18.2 Å². The number of hydrogen-bond acceptors (Lipinski definition) is 9. The monoisotopic (exact) mass is 552 g/mol. The van der Waals surface area contributed by atoms with Gasteiger partial charge < -0.3 is 38.6 Å². The Kier molecular flexibility index (Phi) is 12.2. The fourth-order valence-corrected chi connectivity index (χ4v) is 3.60. The number of carbonyl (C=O) groups excluding carboxylic acids is 3. The van der Waals surface area contributed by atoms with E-state index < -0.39 is 36.1 Å². The molecule has 1 aliphatic heterocycles. The molecule has 1 unspecified atom stereocenters. The second-order valence-corrected chi connectivity index (χ2v) is 10.9. The Bertz CT molecular complexity index is 945. The molecule has 0 radical (unpaired) electrons. The molecule has 220 valence electrons. The zero-order valence-corrected chi connectivity index (χ0v) is 24.4. The number of morpholine rings is 1. The normalized spacial score (nSPS) is 17.3. The number of hydrogen-bond donors (Lipinski definition) is 1. The van der Waals surface area contributed by atoms with Gasteiger partial charge in [-0.1, -0.05) is 39.8 Å². The van der Waals surface area contributed by atoms with Gasteiger partial charge in [-0.3, -0.25) is 0 Å². The predicted molar refractivity (Wildman–Crippen MR) is 144 cm³/mol. The Labute approximate surface area is 231 Å². The summed E-state index contributed by atoms with van der Waals surface area (Å²) < 4.78 is 33.6. The van der Waals surface area contributed by atoms with Crippen LogP contribution in [0.1, 0.15) is 55.4 Å². The minimum atomic E-state index is -1.15. The summed E-state index contributed by atoms with van der Waals surface area (Å²) in [5, 5.41) is 2.55. The van der Waals surface area contributed by atoms with Crippen molar-refractivity contribution in [2.75, 3.05) is 32.9 Å². The molecule has 39 heavy (non-hydrogen) atoms. The molecule has 2 amide bonds. The van der Waals surface area contributed by atoms with Crippen molar-refractivity contribution in [3.8, 4) is 11.5 Å². The summed E-state index contributed by atoms with van der Waals surface area (Å²) in [7, 11) is 0. The van der Waals surface area contributed by atoms with E-state index in [4.69, 9.17) is 28.4 Å². The van der Waals surface area contributed by atoms with Crippen molar-refractivity contribution in [1.82, 2.24) is 10.2 Å². The Morgan fingerprint density at radius 3 is 2.23 bits per heavy atom. The number of rotatable bonds is 11. The number of amides is 2. The fraction of sp³-hybridized carbons (Fsp3) is 0.679. The molecule has 0 aromatic heterocycles. The van der Waals surface area contributed by atoms with Crippen molar-refractivity contribution in [2.24, 2.45) is 11.8 Å². The zero-order valence-electron chi connectivity index (χ0n) is 24.4. The molecule has 3 atom stereocenters. The van der Waals surface area contributed by atoms with Crippen molar-refractivity contribution in [3.63, 3.8) is 0 Å². The molecule has 1 fully saturated rings. The summed E-state index contributed by atoms with van der Waals surface area (Å²) in [4.78, 5) is 39.7. The third-order valence-electron chi connectivity index (χ3n) is 5.56. The lowest BCUT2D eigenvalue weighted by molar-refractivity contribution is -0.181. The summed E-state index contributed by atoms with van der Waals surface area (Å²) in [6.07, 6.45) is -2.90. The van der Waals surface area contributed by atoms with Crippen LogP contribution < -0.4 is 14.8 Å². The van der Waals surface area contributed by atoms with Crippen LogP contribution in [-0.2, 0) is 23.7 Å². The van der Waals surface area contributed by atoms with Crippen molar-refractivity contribution < 1.29 is 42.8 Å². The molecule has 2 rings (SSSR count). The molecule has 1 saturated heterocycles. The minimum absolute atomic E-state index is 0.211. The van der Waals surface area contributed by atoms with Crippen LogP contribution in [0.2, 0.25) is 0 Å². The van der Waals surface area contributed by atoms with E-state index in [1.807, 2.05) is 31.2 Å². The summed E-state index contributed by atoms with van der Waals surface area (Å²) in [6, 6.07) is 6.36. The van der Waals surface area contributed by atoms with E-state index in [0.29, 0.717) is 31.3 Å². The Morgan fingerprint density at radius 1 is 1.03 bits per heavy atom. The van der Waals surface area contributed by atoms with Gasteiger partial charge in [0, 0.05) is 12.5 Å². The average molecular weight is 553 g/mol. The molecule has 0 bridgehead atoms. The highest BCUT2D eigenvalue weighted by Crippen LogP contribution is 2.27. The van der Waals surface area contributed by atoms with Crippen molar-refractivity contribution in [2.45, 2.75) is 79.4 Å². The molecule has 1 aromatic rings. The number of para-hydroxylation sites is 2. The molecule has 1 N–H and O–H groups in total. The molecule has 0 saturated carbocycles. The Balaban J connectivity index is 1.96. The van der Waals surface area contributed by atoms with E-state index in [2.05, 4.69) is 5.32 Å². The lowest BCUT2D eigenvalue weighted by atomic mass is 10.0. The molecule has 1 aromatic carbocycles. The smallest absolute Gasteiger partial charge is 0.413 e. The number of benzene rings is 1. The first-order valence-electron chi connectivity index (χ1n) is 13.4. The molecule has 11 nitrogen and oxygen atoms in total. The van der Waals surface area contributed by atoms with Crippen LogP contribution in [0.25, 0.3) is 0 Å². The second-order valence-electron chi connectivity index (χ2n) is 10.9. The molecule has 11 heteroatoms. The van der Waals surface area contributed by atoms with E-state index >= 15 is 0 Å². The minimum Gasteiger partial charge on any atom is -0.490 e. The number of carbonyl (C=O) groups is 3. The van der Waals surface area contributed by atoms with Gasteiger partial charge in [0.2, 0.25) is 0 Å². The number of nitrogens with one attached hydrogen (secondary N) is 1. The Hall–Kier alpha value is -3.21. The quantitative estimate of drug-likeness (QED) is 0.315. The van der Waals surface area contributed by atoms with Gasteiger partial charge >= 0.3 is 18.2 Å². The molecular weight excluding hydrogens is 508 g/mol. The van der Waals surface area contributed by atoms with Gasteiger partial charge in [0.25, 0.3) is 6.29 Å². The lowest BCUT2D eigenvalue weighted by Gasteiger charge is -2.34. The van der Waals surface area contributed by atoms with Gasteiger partial charge in [0.1, 0.15) is 24.4 Å². The van der Waals surface area contributed by atoms with Crippen molar-refractivity contribution in [3.05, 3.63) is 24.3 Å². The summed E-state index contributed by atoms with van der Waals surface area (Å²) in [5.74, 6) is -0.115. The standard InChI is InChI=1S/C28H44N2O9/c1-9-34-21-12-10-11-13-22(21)36-17-20-16-30(14-15-35-20)27(33)38-25(19(4)5)37-24(31)23(18(2)3)29-26(32)39-28(6,7)8/h10-13,18-20,23,25H,9,14-17H2,1-8H3,(H,29,32)/t20-,23-,25?/m0/s1. The SMILES string of the molecule is CCOc1ccccc1OC[C@@H]1CN(C(=O)OC(OC(=O)[C@@H](NC(=O)OC(C)(C)C)C(C)C)C(C)C)CCO1.